The number of likely N-dealkylation sites (tertiary alicyclic amines) is 1. The van der Waals surface area contributed by atoms with Crippen molar-refractivity contribution < 1.29 is 14.0 Å². The summed E-state index contributed by atoms with van der Waals surface area (Å²) in [5, 5.41) is 2.91. The van der Waals surface area contributed by atoms with Crippen LogP contribution in [0.5, 0.6) is 0 Å². The van der Waals surface area contributed by atoms with E-state index < -0.39 is 5.91 Å². The molecule has 1 N–H and O–H groups in total. The van der Waals surface area contributed by atoms with Crippen LogP contribution >= 0.6 is 0 Å². The number of carbonyl (C=O) groups excluding carboxylic acids is 2. The molecule has 0 aliphatic carbocycles. The Morgan fingerprint density at radius 2 is 1.96 bits per heavy atom. The second-order valence-corrected chi connectivity index (χ2v) is 6.99. The summed E-state index contributed by atoms with van der Waals surface area (Å²) in [6.07, 6.45) is 0.551. The van der Waals surface area contributed by atoms with Crippen LogP contribution in [0.1, 0.15) is 50.4 Å². The molecule has 7 heteroatoms. The Morgan fingerprint density at radius 3 is 2.50 bits per heavy atom. The average molecular weight is 363 g/mol. The highest BCUT2D eigenvalue weighted by atomic mass is 16.3. The first-order valence-corrected chi connectivity index (χ1v) is 9.24. The van der Waals surface area contributed by atoms with E-state index in [2.05, 4.69) is 10.2 Å². The molecule has 0 radical (unpaired) electrons. The summed E-state index contributed by atoms with van der Waals surface area (Å²) in [6.45, 7) is 11.6. The van der Waals surface area contributed by atoms with Crippen molar-refractivity contribution in [3.8, 4) is 0 Å². The maximum Gasteiger partial charge on any atom is 0.287 e. The number of hydrogen-bond acceptors (Lipinski definition) is 5. The number of amides is 2. The standard InChI is InChI=1S/C19H29N3O4/c1-6-21(7-2)19(25)16-9-14(11-22(16)12(3)4)20-18(24)17-10-15(23)8-13(5)26-17/h8,10,12,14,16H,6-7,9,11H2,1-5H3,(H,20,24). The Kier molecular flexibility index (Phi) is 6.58. The zero-order chi connectivity index (χ0) is 19.4. The van der Waals surface area contributed by atoms with E-state index in [9.17, 15) is 14.4 Å². The number of nitrogens with one attached hydrogen (secondary N) is 1. The lowest BCUT2D eigenvalue weighted by Crippen LogP contribution is -2.47. The van der Waals surface area contributed by atoms with Crippen LogP contribution in [-0.4, -0.2) is 59.4 Å². The Labute approximate surface area is 154 Å². The average Bonchev–Trinajstić information content (AvgIpc) is 2.99. The molecule has 2 rings (SSSR count). The van der Waals surface area contributed by atoms with Crippen molar-refractivity contribution in [2.24, 2.45) is 0 Å². The van der Waals surface area contributed by atoms with E-state index in [0.29, 0.717) is 31.8 Å². The first-order chi connectivity index (χ1) is 12.3. The lowest BCUT2D eigenvalue weighted by Gasteiger charge is -2.31. The zero-order valence-electron chi connectivity index (χ0n) is 16.2. The highest BCUT2D eigenvalue weighted by molar-refractivity contribution is 5.91. The monoisotopic (exact) mass is 363 g/mol. The number of hydrogen-bond donors (Lipinski definition) is 1. The minimum Gasteiger partial charge on any atom is -0.456 e. The Bertz CT molecular complexity index is 709. The number of likely N-dealkylation sites (N-methyl/N-ethyl adjacent to an activating group) is 1. The molecule has 7 nitrogen and oxygen atoms in total. The molecule has 0 saturated carbocycles. The Hall–Kier alpha value is -2.15. The van der Waals surface area contributed by atoms with Gasteiger partial charge in [0.25, 0.3) is 5.91 Å². The molecule has 0 bridgehead atoms. The van der Waals surface area contributed by atoms with Crippen LogP contribution in [0, 0.1) is 6.92 Å². The zero-order valence-corrected chi connectivity index (χ0v) is 16.2. The summed E-state index contributed by atoms with van der Waals surface area (Å²) in [6, 6.07) is 2.31. The topological polar surface area (TPSA) is 82.9 Å². The minimum absolute atomic E-state index is 0.00427. The summed E-state index contributed by atoms with van der Waals surface area (Å²) in [5.41, 5.74) is -0.260. The van der Waals surface area contributed by atoms with Crippen molar-refractivity contribution in [2.45, 2.75) is 59.2 Å². The van der Waals surface area contributed by atoms with Gasteiger partial charge in [-0.25, -0.2) is 0 Å². The molecular weight excluding hydrogens is 334 g/mol. The van der Waals surface area contributed by atoms with E-state index >= 15 is 0 Å². The van der Waals surface area contributed by atoms with Gasteiger partial charge >= 0.3 is 0 Å². The van der Waals surface area contributed by atoms with Crippen molar-refractivity contribution in [2.75, 3.05) is 19.6 Å². The minimum atomic E-state index is -0.421. The van der Waals surface area contributed by atoms with Gasteiger partial charge in [0, 0.05) is 43.9 Å². The second-order valence-electron chi connectivity index (χ2n) is 6.99. The van der Waals surface area contributed by atoms with Gasteiger partial charge in [-0.05, 0) is 41.0 Å². The SMILES string of the molecule is CCN(CC)C(=O)C1CC(NC(=O)c2cc(=O)cc(C)o2)CN1C(C)C. The van der Waals surface area contributed by atoms with Crippen LogP contribution in [0.25, 0.3) is 0 Å². The summed E-state index contributed by atoms with van der Waals surface area (Å²) in [5.74, 6) is 0.0788. The van der Waals surface area contributed by atoms with Crippen molar-refractivity contribution in [1.29, 1.82) is 0 Å². The van der Waals surface area contributed by atoms with Crippen LogP contribution in [0.4, 0.5) is 0 Å². The summed E-state index contributed by atoms with van der Waals surface area (Å²) >= 11 is 0. The molecule has 0 spiro atoms. The third-order valence-electron chi connectivity index (χ3n) is 4.81. The first-order valence-electron chi connectivity index (χ1n) is 9.24. The largest absolute Gasteiger partial charge is 0.456 e. The molecule has 26 heavy (non-hydrogen) atoms. The highest BCUT2D eigenvalue weighted by Crippen LogP contribution is 2.23. The summed E-state index contributed by atoms with van der Waals surface area (Å²) in [4.78, 5) is 40.8. The predicted octanol–water partition coefficient (Wildman–Crippen LogP) is 1.40. The second kappa shape index (κ2) is 8.49. The van der Waals surface area contributed by atoms with E-state index in [1.807, 2.05) is 32.6 Å². The maximum atomic E-state index is 12.8. The molecule has 0 aromatic carbocycles. The molecule has 2 unspecified atom stereocenters. The molecule has 1 aromatic rings. The van der Waals surface area contributed by atoms with E-state index in [1.165, 1.54) is 12.1 Å². The Balaban J connectivity index is 2.12. The van der Waals surface area contributed by atoms with Gasteiger partial charge in [0.15, 0.2) is 11.2 Å². The van der Waals surface area contributed by atoms with Crippen LogP contribution in [0.15, 0.2) is 21.3 Å². The molecule has 2 heterocycles. The third-order valence-corrected chi connectivity index (χ3v) is 4.81. The van der Waals surface area contributed by atoms with E-state index in [1.54, 1.807) is 6.92 Å². The fourth-order valence-electron chi connectivity index (χ4n) is 3.50. The number of aryl methyl sites for hydroxylation is 1. The lowest BCUT2D eigenvalue weighted by atomic mass is 10.1. The van der Waals surface area contributed by atoms with Crippen LogP contribution in [-0.2, 0) is 4.79 Å². The molecular formula is C19H29N3O4. The number of carbonyl (C=O) groups is 2. The van der Waals surface area contributed by atoms with Gasteiger partial charge in [0.2, 0.25) is 5.91 Å². The highest BCUT2D eigenvalue weighted by Gasteiger charge is 2.40. The van der Waals surface area contributed by atoms with E-state index in [-0.39, 0.29) is 35.2 Å². The molecule has 144 valence electrons. The van der Waals surface area contributed by atoms with E-state index in [4.69, 9.17) is 4.42 Å². The molecule has 1 aromatic heterocycles. The normalized spacial score (nSPS) is 20.4. The van der Waals surface area contributed by atoms with Gasteiger partial charge in [-0.15, -0.1) is 0 Å². The predicted molar refractivity (Wildman–Crippen MR) is 99.1 cm³/mol. The van der Waals surface area contributed by atoms with Crippen molar-refractivity contribution >= 4 is 11.8 Å². The molecule has 1 aliphatic heterocycles. The Morgan fingerprint density at radius 1 is 1.31 bits per heavy atom. The van der Waals surface area contributed by atoms with Crippen molar-refractivity contribution in [1.82, 2.24) is 15.1 Å². The van der Waals surface area contributed by atoms with Gasteiger partial charge in [-0.1, -0.05) is 0 Å². The van der Waals surface area contributed by atoms with Crippen molar-refractivity contribution in [3.63, 3.8) is 0 Å². The molecule has 1 fully saturated rings. The van der Waals surface area contributed by atoms with Crippen molar-refractivity contribution in [3.05, 3.63) is 33.9 Å². The van der Waals surface area contributed by atoms with E-state index in [0.717, 1.165) is 0 Å². The van der Waals surface area contributed by atoms with Gasteiger partial charge in [-0.2, -0.15) is 0 Å². The summed E-state index contributed by atoms with van der Waals surface area (Å²) in [7, 11) is 0. The van der Waals surface area contributed by atoms with Crippen LogP contribution in [0.3, 0.4) is 0 Å². The van der Waals surface area contributed by atoms with Gasteiger partial charge in [-0.3, -0.25) is 19.3 Å². The fourth-order valence-corrected chi connectivity index (χ4v) is 3.50. The molecule has 1 aliphatic rings. The first kappa shape index (κ1) is 20.2. The van der Waals surface area contributed by atoms with Crippen LogP contribution < -0.4 is 10.7 Å². The number of nitrogens with zero attached hydrogens (tertiary/aromatic N) is 2. The fraction of sp³-hybridized carbons (Fsp3) is 0.632. The summed E-state index contributed by atoms with van der Waals surface area (Å²) < 4.78 is 5.35. The quantitative estimate of drug-likeness (QED) is 0.826. The third kappa shape index (κ3) is 4.52. The van der Waals surface area contributed by atoms with Gasteiger partial charge in [0.05, 0.1) is 6.04 Å². The molecule has 1 saturated heterocycles. The lowest BCUT2D eigenvalue weighted by molar-refractivity contribution is -0.136. The van der Waals surface area contributed by atoms with Gasteiger partial charge < -0.3 is 14.6 Å². The maximum absolute atomic E-state index is 12.8. The molecule has 2 amide bonds. The number of rotatable bonds is 6. The van der Waals surface area contributed by atoms with Gasteiger partial charge in [0.1, 0.15) is 5.76 Å². The van der Waals surface area contributed by atoms with Crippen LogP contribution in [0.2, 0.25) is 0 Å². The molecule has 2 atom stereocenters. The smallest absolute Gasteiger partial charge is 0.287 e.